The zero-order chi connectivity index (χ0) is 11.4. The molecule has 1 unspecified atom stereocenters. The summed E-state index contributed by atoms with van der Waals surface area (Å²) in [4.78, 5) is 14.4. The molecule has 1 atom stereocenters. The fourth-order valence-electron chi connectivity index (χ4n) is 1.95. The van der Waals surface area contributed by atoms with Crippen molar-refractivity contribution in [2.75, 3.05) is 19.6 Å². The SMILES string of the molecule is O=C1CCN(CCC(O)c2cccs2)CC1. The van der Waals surface area contributed by atoms with Gasteiger partial charge in [0.25, 0.3) is 0 Å². The molecule has 1 aliphatic heterocycles. The zero-order valence-electron chi connectivity index (χ0n) is 9.26. The largest absolute Gasteiger partial charge is 0.388 e. The third kappa shape index (κ3) is 3.14. The quantitative estimate of drug-likeness (QED) is 0.871. The highest BCUT2D eigenvalue weighted by molar-refractivity contribution is 7.10. The molecule has 3 nitrogen and oxygen atoms in total. The molecular weight excluding hydrogens is 222 g/mol. The van der Waals surface area contributed by atoms with Crippen LogP contribution in [-0.4, -0.2) is 35.4 Å². The Morgan fingerprint density at radius 1 is 1.44 bits per heavy atom. The molecule has 2 rings (SSSR count). The van der Waals surface area contributed by atoms with Gasteiger partial charge in [0.15, 0.2) is 0 Å². The smallest absolute Gasteiger partial charge is 0.135 e. The number of likely N-dealkylation sites (tertiary alicyclic amines) is 1. The van der Waals surface area contributed by atoms with E-state index in [1.807, 2.05) is 17.5 Å². The van der Waals surface area contributed by atoms with Crippen LogP contribution >= 0.6 is 11.3 Å². The standard InChI is InChI=1S/C12H17NO2S/c14-10-3-6-13(7-4-10)8-5-11(15)12-2-1-9-16-12/h1-2,9,11,15H,3-8H2. The number of piperidine rings is 1. The normalized spacial score (nSPS) is 19.9. The maximum atomic E-state index is 11.1. The highest BCUT2D eigenvalue weighted by atomic mass is 32.1. The summed E-state index contributed by atoms with van der Waals surface area (Å²) in [7, 11) is 0. The topological polar surface area (TPSA) is 40.5 Å². The minimum atomic E-state index is -0.349. The summed E-state index contributed by atoms with van der Waals surface area (Å²) >= 11 is 1.60. The number of ketones is 1. The van der Waals surface area contributed by atoms with Gasteiger partial charge in [-0.1, -0.05) is 6.07 Å². The van der Waals surface area contributed by atoms with Crippen LogP contribution in [0.25, 0.3) is 0 Å². The fraction of sp³-hybridized carbons (Fsp3) is 0.583. The monoisotopic (exact) mass is 239 g/mol. The van der Waals surface area contributed by atoms with Crippen molar-refractivity contribution in [3.05, 3.63) is 22.4 Å². The van der Waals surface area contributed by atoms with Gasteiger partial charge in [0, 0.05) is 37.4 Å². The van der Waals surface area contributed by atoms with E-state index in [9.17, 15) is 9.90 Å². The molecule has 16 heavy (non-hydrogen) atoms. The molecule has 0 radical (unpaired) electrons. The first kappa shape index (κ1) is 11.8. The second-order valence-corrected chi connectivity index (χ2v) is 5.18. The van der Waals surface area contributed by atoms with Crippen LogP contribution in [0.15, 0.2) is 17.5 Å². The number of aliphatic hydroxyl groups excluding tert-OH is 1. The number of carbonyl (C=O) groups excluding carboxylic acids is 1. The number of thiophene rings is 1. The summed E-state index contributed by atoms with van der Waals surface area (Å²) in [5.74, 6) is 0.370. The summed E-state index contributed by atoms with van der Waals surface area (Å²) in [5, 5.41) is 11.9. The average Bonchev–Trinajstić information content (AvgIpc) is 2.81. The summed E-state index contributed by atoms with van der Waals surface area (Å²) < 4.78 is 0. The summed E-state index contributed by atoms with van der Waals surface area (Å²) in [6, 6.07) is 3.93. The van der Waals surface area contributed by atoms with Gasteiger partial charge in [0.2, 0.25) is 0 Å². The molecule has 4 heteroatoms. The van der Waals surface area contributed by atoms with Crippen LogP contribution in [0, 0.1) is 0 Å². The Balaban J connectivity index is 1.73. The molecule has 1 fully saturated rings. The van der Waals surface area contributed by atoms with Gasteiger partial charge in [-0.3, -0.25) is 4.79 Å². The molecule has 1 aromatic heterocycles. The van der Waals surface area contributed by atoms with E-state index in [1.54, 1.807) is 11.3 Å². The lowest BCUT2D eigenvalue weighted by atomic mass is 10.1. The lowest BCUT2D eigenvalue weighted by Gasteiger charge is -2.26. The average molecular weight is 239 g/mol. The zero-order valence-corrected chi connectivity index (χ0v) is 10.1. The van der Waals surface area contributed by atoms with Gasteiger partial charge in [-0.15, -0.1) is 11.3 Å². The molecule has 88 valence electrons. The fourth-order valence-corrected chi connectivity index (χ4v) is 2.70. The summed E-state index contributed by atoms with van der Waals surface area (Å²) in [5.41, 5.74) is 0. The number of Topliss-reactive ketones (excluding diaryl/α,β-unsaturated/α-hetero) is 1. The van der Waals surface area contributed by atoms with E-state index in [1.165, 1.54) is 0 Å². The Kier molecular flexibility index (Phi) is 4.09. The number of aliphatic hydroxyl groups is 1. The van der Waals surface area contributed by atoms with Gasteiger partial charge in [-0.05, 0) is 17.9 Å². The molecule has 1 aliphatic rings. The minimum absolute atomic E-state index is 0.349. The Labute approximate surface area is 99.7 Å². The van der Waals surface area contributed by atoms with E-state index in [4.69, 9.17) is 0 Å². The Morgan fingerprint density at radius 2 is 2.19 bits per heavy atom. The number of nitrogens with zero attached hydrogens (tertiary/aromatic N) is 1. The molecule has 1 N–H and O–H groups in total. The molecule has 1 aromatic rings. The molecule has 1 saturated heterocycles. The maximum Gasteiger partial charge on any atom is 0.135 e. The van der Waals surface area contributed by atoms with E-state index < -0.39 is 0 Å². The minimum Gasteiger partial charge on any atom is -0.388 e. The van der Waals surface area contributed by atoms with Crippen molar-refractivity contribution < 1.29 is 9.90 Å². The highest BCUT2D eigenvalue weighted by Gasteiger charge is 2.17. The molecule has 0 bridgehead atoms. The van der Waals surface area contributed by atoms with Crippen molar-refractivity contribution in [1.82, 2.24) is 4.90 Å². The van der Waals surface area contributed by atoms with Crippen molar-refractivity contribution in [2.24, 2.45) is 0 Å². The molecule has 0 spiro atoms. The van der Waals surface area contributed by atoms with E-state index in [-0.39, 0.29) is 6.10 Å². The Morgan fingerprint density at radius 3 is 2.81 bits per heavy atom. The maximum absolute atomic E-state index is 11.1. The van der Waals surface area contributed by atoms with Crippen LogP contribution < -0.4 is 0 Å². The summed E-state index contributed by atoms with van der Waals surface area (Å²) in [6.45, 7) is 2.60. The van der Waals surface area contributed by atoms with Crippen molar-refractivity contribution in [2.45, 2.75) is 25.4 Å². The molecule has 0 aliphatic carbocycles. The first-order chi connectivity index (χ1) is 7.75. The van der Waals surface area contributed by atoms with E-state index in [2.05, 4.69) is 4.90 Å². The van der Waals surface area contributed by atoms with Crippen LogP contribution in [0.1, 0.15) is 30.2 Å². The molecule has 0 amide bonds. The molecule has 0 aromatic carbocycles. The molecule has 0 saturated carbocycles. The van der Waals surface area contributed by atoms with E-state index >= 15 is 0 Å². The first-order valence-corrected chi connectivity index (χ1v) is 6.59. The van der Waals surface area contributed by atoms with Gasteiger partial charge in [-0.2, -0.15) is 0 Å². The number of hydrogen-bond acceptors (Lipinski definition) is 4. The predicted molar refractivity (Wildman–Crippen MR) is 64.6 cm³/mol. The van der Waals surface area contributed by atoms with Gasteiger partial charge in [-0.25, -0.2) is 0 Å². The summed E-state index contributed by atoms with van der Waals surface area (Å²) in [6.07, 6.45) is 1.76. The van der Waals surface area contributed by atoms with Gasteiger partial charge in [0.1, 0.15) is 5.78 Å². The van der Waals surface area contributed by atoms with Crippen LogP contribution in [-0.2, 0) is 4.79 Å². The first-order valence-electron chi connectivity index (χ1n) is 5.71. The van der Waals surface area contributed by atoms with Crippen LogP contribution in [0.5, 0.6) is 0 Å². The molecule has 2 heterocycles. The lowest BCUT2D eigenvalue weighted by molar-refractivity contribution is -0.121. The predicted octanol–water partition coefficient (Wildman–Crippen LogP) is 1.84. The second kappa shape index (κ2) is 5.57. The molecular formula is C12H17NO2S. The Bertz CT molecular complexity index is 327. The third-order valence-electron chi connectivity index (χ3n) is 3.00. The van der Waals surface area contributed by atoms with Crippen LogP contribution in [0.4, 0.5) is 0 Å². The Hall–Kier alpha value is -0.710. The number of carbonyl (C=O) groups is 1. The van der Waals surface area contributed by atoms with Crippen molar-refractivity contribution >= 4 is 17.1 Å². The van der Waals surface area contributed by atoms with E-state index in [0.29, 0.717) is 18.6 Å². The van der Waals surface area contributed by atoms with Gasteiger partial charge in [0.05, 0.1) is 6.10 Å². The van der Waals surface area contributed by atoms with Crippen molar-refractivity contribution in [3.8, 4) is 0 Å². The van der Waals surface area contributed by atoms with Crippen LogP contribution in [0.2, 0.25) is 0 Å². The third-order valence-corrected chi connectivity index (χ3v) is 3.98. The number of rotatable bonds is 4. The second-order valence-electron chi connectivity index (χ2n) is 4.20. The van der Waals surface area contributed by atoms with Crippen molar-refractivity contribution in [3.63, 3.8) is 0 Å². The van der Waals surface area contributed by atoms with Crippen molar-refractivity contribution in [1.29, 1.82) is 0 Å². The highest BCUT2D eigenvalue weighted by Crippen LogP contribution is 2.22. The lowest BCUT2D eigenvalue weighted by Crippen LogP contribution is -2.35. The van der Waals surface area contributed by atoms with Crippen LogP contribution in [0.3, 0.4) is 0 Å². The van der Waals surface area contributed by atoms with Gasteiger partial charge >= 0.3 is 0 Å². The van der Waals surface area contributed by atoms with E-state index in [0.717, 1.165) is 30.9 Å². The number of hydrogen-bond donors (Lipinski definition) is 1. The van der Waals surface area contributed by atoms with Gasteiger partial charge < -0.3 is 10.0 Å².